The summed E-state index contributed by atoms with van der Waals surface area (Å²) in [5.41, 5.74) is 1.60. The number of hydrogen-bond acceptors (Lipinski definition) is 4. The maximum Gasteiger partial charge on any atom is 0.338 e. The van der Waals surface area contributed by atoms with Crippen molar-refractivity contribution in [2.75, 3.05) is 25.5 Å². The smallest absolute Gasteiger partial charge is 0.338 e. The summed E-state index contributed by atoms with van der Waals surface area (Å²) in [4.78, 5) is 36.5. The Morgan fingerprint density at radius 2 is 2.09 bits per heavy atom. The lowest BCUT2D eigenvalue weighted by Crippen LogP contribution is -2.44. The second-order valence-electron chi connectivity index (χ2n) is 5.57. The monoisotopic (exact) mass is 320 g/mol. The zero-order chi connectivity index (χ0) is 17.0. The molecule has 0 bridgehead atoms. The molecule has 7 heteroatoms. The van der Waals surface area contributed by atoms with Gasteiger partial charge < -0.3 is 20.1 Å². The number of piperidine rings is 1. The minimum absolute atomic E-state index is 0.191. The van der Waals surface area contributed by atoms with Crippen LogP contribution in [0.4, 0.5) is 10.5 Å². The van der Waals surface area contributed by atoms with Gasteiger partial charge in [0.2, 0.25) is 0 Å². The Bertz CT molecular complexity index is 629. The Labute approximate surface area is 134 Å². The lowest BCUT2D eigenvalue weighted by atomic mass is 9.99. The molecule has 2 N–H and O–H groups in total. The molecular formula is C16H20N2O5. The highest BCUT2D eigenvalue weighted by molar-refractivity contribution is 5.95. The number of hydrogen-bond donors (Lipinski definition) is 2. The van der Waals surface area contributed by atoms with E-state index in [9.17, 15) is 14.4 Å². The molecule has 0 spiro atoms. The number of aliphatic carboxylic acids is 1. The highest BCUT2D eigenvalue weighted by Gasteiger charge is 2.28. The average Bonchev–Trinajstić information content (AvgIpc) is 2.55. The Morgan fingerprint density at radius 3 is 2.74 bits per heavy atom. The molecule has 7 nitrogen and oxygen atoms in total. The number of anilines is 1. The van der Waals surface area contributed by atoms with E-state index in [4.69, 9.17) is 9.84 Å². The molecule has 124 valence electrons. The molecule has 1 unspecified atom stereocenters. The molecule has 23 heavy (non-hydrogen) atoms. The summed E-state index contributed by atoms with van der Waals surface area (Å²) in [6, 6.07) is 4.60. The molecule has 2 rings (SSSR count). The number of carboxylic acids is 1. The Kier molecular flexibility index (Phi) is 5.20. The van der Waals surface area contributed by atoms with Gasteiger partial charge in [-0.3, -0.25) is 4.79 Å². The van der Waals surface area contributed by atoms with Crippen LogP contribution >= 0.6 is 0 Å². The van der Waals surface area contributed by atoms with Gasteiger partial charge in [0.05, 0.1) is 18.6 Å². The minimum atomic E-state index is -0.884. The molecule has 0 saturated carbocycles. The van der Waals surface area contributed by atoms with Crippen molar-refractivity contribution in [1.82, 2.24) is 4.90 Å². The fraction of sp³-hybridized carbons (Fsp3) is 0.438. The van der Waals surface area contributed by atoms with E-state index in [1.807, 2.05) is 0 Å². The molecule has 0 aromatic heterocycles. The van der Waals surface area contributed by atoms with Gasteiger partial charge in [0, 0.05) is 18.8 Å². The normalized spacial score (nSPS) is 17.5. The van der Waals surface area contributed by atoms with Gasteiger partial charge in [0.25, 0.3) is 0 Å². The van der Waals surface area contributed by atoms with Crippen molar-refractivity contribution in [3.8, 4) is 0 Å². The number of likely N-dealkylation sites (tertiary alicyclic amines) is 1. The van der Waals surface area contributed by atoms with Gasteiger partial charge >= 0.3 is 18.0 Å². The number of esters is 1. The van der Waals surface area contributed by atoms with Crippen molar-refractivity contribution in [1.29, 1.82) is 0 Å². The van der Waals surface area contributed by atoms with E-state index in [2.05, 4.69) is 5.32 Å². The third-order valence-electron chi connectivity index (χ3n) is 3.95. The van der Waals surface area contributed by atoms with Crippen LogP contribution in [0.3, 0.4) is 0 Å². The van der Waals surface area contributed by atoms with Crippen LogP contribution in [-0.2, 0) is 9.53 Å². The Hall–Kier alpha value is -2.57. The van der Waals surface area contributed by atoms with Crippen molar-refractivity contribution >= 4 is 23.7 Å². The van der Waals surface area contributed by atoms with Crippen LogP contribution < -0.4 is 5.32 Å². The predicted octanol–water partition coefficient (Wildman–Crippen LogP) is 2.11. The molecule has 2 amide bonds. The lowest BCUT2D eigenvalue weighted by molar-refractivity contribution is -0.143. The van der Waals surface area contributed by atoms with Crippen molar-refractivity contribution in [2.45, 2.75) is 19.8 Å². The van der Waals surface area contributed by atoms with Crippen LogP contribution in [-0.4, -0.2) is 48.2 Å². The third-order valence-corrected chi connectivity index (χ3v) is 3.95. The van der Waals surface area contributed by atoms with E-state index >= 15 is 0 Å². The quantitative estimate of drug-likeness (QED) is 0.832. The summed E-state index contributed by atoms with van der Waals surface area (Å²) < 4.78 is 4.71. The molecule has 1 heterocycles. The van der Waals surface area contributed by atoms with E-state index in [-0.39, 0.29) is 12.6 Å². The first-order valence-corrected chi connectivity index (χ1v) is 7.40. The number of aryl methyl sites for hydroxylation is 1. The largest absolute Gasteiger partial charge is 0.481 e. The number of carbonyl (C=O) groups excluding carboxylic acids is 2. The minimum Gasteiger partial charge on any atom is -0.481 e. The molecule has 1 fully saturated rings. The molecule has 0 aliphatic carbocycles. The number of urea groups is 1. The van der Waals surface area contributed by atoms with E-state index in [0.29, 0.717) is 30.6 Å². The number of amides is 2. The highest BCUT2D eigenvalue weighted by atomic mass is 16.5. The number of carbonyl (C=O) groups is 3. The van der Waals surface area contributed by atoms with Gasteiger partial charge in [-0.05, 0) is 37.5 Å². The fourth-order valence-electron chi connectivity index (χ4n) is 2.60. The molecule has 1 aromatic carbocycles. The van der Waals surface area contributed by atoms with E-state index in [1.54, 1.807) is 25.1 Å². The van der Waals surface area contributed by atoms with Crippen LogP contribution in [0.25, 0.3) is 0 Å². The molecule has 1 aliphatic heterocycles. The highest BCUT2D eigenvalue weighted by Crippen LogP contribution is 2.20. The fourth-order valence-corrected chi connectivity index (χ4v) is 2.60. The van der Waals surface area contributed by atoms with Gasteiger partial charge in [-0.1, -0.05) is 6.07 Å². The second kappa shape index (κ2) is 7.13. The van der Waals surface area contributed by atoms with Crippen LogP contribution in [0.2, 0.25) is 0 Å². The summed E-state index contributed by atoms with van der Waals surface area (Å²) in [5, 5.41) is 11.8. The number of nitrogens with zero attached hydrogens (tertiary/aromatic N) is 1. The number of nitrogens with one attached hydrogen (secondary N) is 1. The first-order chi connectivity index (χ1) is 10.9. The first-order valence-electron chi connectivity index (χ1n) is 7.40. The van der Waals surface area contributed by atoms with E-state index in [1.165, 1.54) is 12.0 Å². The van der Waals surface area contributed by atoms with Crippen molar-refractivity contribution < 1.29 is 24.2 Å². The summed E-state index contributed by atoms with van der Waals surface area (Å²) in [6.45, 7) is 2.49. The Morgan fingerprint density at radius 1 is 1.35 bits per heavy atom. The van der Waals surface area contributed by atoms with E-state index in [0.717, 1.165) is 5.56 Å². The first kappa shape index (κ1) is 16.8. The number of ether oxygens (including phenoxy) is 1. The molecule has 1 aliphatic rings. The van der Waals surface area contributed by atoms with Gasteiger partial charge in [-0.15, -0.1) is 0 Å². The van der Waals surface area contributed by atoms with Crippen LogP contribution in [0, 0.1) is 12.8 Å². The zero-order valence-corrected chi connectivity index (χ0v) is 13.2. The van der Waals surface area contributed by atoms with Crippen LogP contribution in [0.5, 0.6) is 0 Å². The third kappa shape index (κ3) is 4.00. The zero-order valence-electron chi connectivity index (χ0n) is 13.2. The van der Waals surface area contributed by atoms with Crippen LogP contribution in [0.1, 0.15) is 28.8 Å². The SMILES string of the molecule is COC(=O)c1cc(NC(=O)N2CCCC(C(=O)O)C2)ccc1C. The number of methoxy groups -OCH3 is 1. The topological polar surface area (TPSA) is 95.9 Å². The average molecular weight is 320 g/mol. The summed E-state index contributed by atoms with van der Waals surface area (Å²) >= 11 is 0. The van der Waals surface area contributed by atoms with E-state index < -0.39 is 17.9 Å². The van der Waals surface area contributed by atoms with Crippen molar-refractivity contribution in [3.63, 3.8) is 0 Å². The van der Waals surface area contributed by atoms with Crippen molar-refractivity contribution in [3.05, 3.63) is 29.3 Å². The second-order valence-corrected chi connectivity index (χ2v) is 5.57. The summed E-state index contributed by atoms with van der Waals surface area (Å²) in [7, 11) is 1.30. The van der Waals surface area contributed by atoms with Crippen LogP contribution in [0.15, 0.2) is 18.2 Å². The summed E-state index contributed by atoms with van der Waals surface area (Å²) in [6.07, 6.45) is 1.24. The predicted molar refractivity (Wildman–Crippen MR) is 83.5 cm³/mol. The standard InChI is InChI=1S/C16H20N2O5/c1-10-5-6-12(8-13(10)15(21)23-2)17-16(22)18-7-3-4-11(9-18)14(19)20/h5-6,8,11H,3-4,7,9H2,1-2H3,(H,17,22)(H,19,20). The van der Waals surface area contributed by atoms with Crippen molar-refractivity contribution in [2.24, 2.45) is 5.92 Å². The molecule has 1 aromatic rings. The molecule has 1 saturated heterocycles. The maximum absolute atomic E-state index is 12.3. The van der Waals surface area contributed by atoms with Gasteiger partial charge in [-0.2, -0.15) is 0 Å². The summed E-state index contributed by atoms with van der Waals surface area (Å²) in [5.74, 6) is -1.88. The number of benzene rings is 1. The van der Waals surface area contributed by atoms with Gasteiger partial charge in [0.1, 0.15) is 0 Å². The Balaban J connectivity index is 2.08. The molecule has 0 radical (unpaired) electrons. The van der Waals surface area contributed by atoms with Gasteiger partial charge in [0.15, 0.2) is 0 Å². The molecule has 1 atom stereocenters. The lowest BCUT2D eigenvalue weighted by Gasteiger charge is -2.30. The number of rotatable bonds is 3. The van der Waals surface area contributed by atoms with Gasteiger partial charge in [-0.25, -0.2) is 9.59 Å². The number of carboxylic acid groups (broad SMARTS) is 1. The molecular weight excluding hydrogens is 300 g/mol. The maximum atomic E-state index is 12.3.